The lowest BCUT2D eigenvalue weighted by Gasteiger charge is -2.29. The summed E-state index contributed by atoms with van der Waals surface area (Å²) in [5.41, 5.74) is -0.557. The lowest BCUT2D eigenvalue weighted by molar-refractivity contribution is -0.137. The number of hydroxylamine groups is 1. The molecule has 2 heterocycles. The molecule has 3 aromatic carbocycles. The molecule has 0 unspecified atom stereocenters. The van der Waals surface area contributed by atoms with Crippen LogP contribution in [0, 0.1) is 11.7 Å². The van der Waals surface area contributed by atoms with Crippen LogP contribution in [0.25, 0.3) is 0 Å². The van der Waals surface area contributed by atoms with Crippen LogP contribution in [0.3, 0.4) is 0 Å². The molecule has 0 N–H and O–H groups in total. The highest BCUT2D eigenvalue weighted by atomic mass is 19.4. The molecule has 168 valence electrons. The van der Waals surface area contributed by atoms with Crippen LogP contribution < -0.4 is 9.96 Å². The Morgan fingerprint density at radius 1 is 0.788 bits per heavy atom. The molecule has 2 amide bonds. The van der Waals surface area contributed by atoms with Gasteiger partial charge in [-0.1, -0.05) is 42.5 Å². The van der Waals surface area contributed by atoms with Crippen LogP contribution in [-0.4, -0.2) is 17.9 Å². The highest BCUT2D eigenvalue weighted by Crippen LogP contribution is 2.48. The molecule has 2 aliphatic rings. The van der Waals surface area contributed by atoms with Gasteiger partial charge in [0.15, 0.2) is 6.10 Å². The first-order chi connectivity index (χ1) is 15.8. The lowest BCUT2D eigenvalue weighted by Crippen LogP contribution is -2.37. The first-order valence-electron chi connectivity index (χ1n) is 10.1. The first kappa shape index (κ1) is 21.1. The van der Waals surface area contributed by atoms with Crippen LogP contribution in [0.2, 0.25) is 0 Å². The zero-order valence-electron chi connectivity index (χ0n) is 16.9. The van der Waals surface area contributed by atoms with Gasteiger partial charge in [-0.25, -0.2) is 14.4 Å². The van der Waals surface area contributed by atoms with Crippen LogP contribution >= 0.6 is 0 Å². The van der Waals surface area contributed by atoms with Gasteiger partial charge >= 0.3 is 6.18 Å². The number of benzene rings is 3. The lowest BCUT2D eigenvalue weighted by atomic mass is 9.90. The molecule has 0 aliphatic carbocycles. The first-order valence-corrected chi connectivity index (χ1v) is 10.1. The van der Waals surface area contributed by atoms with Gasteiger partial charge in [0, 0.05) is 5.56 Å². The molecule has 33 heavy (non-hydrogen) atoms. The smallest absolute Gasteiger partial charge is 0.273 e. The Morgan fingerprint density at radius 2 is 1.45 bits per heavy atom. The molecule has 3 atom stereocenters. The number of para-hydroxylation sites is 1. The average molecular weight is 456 g/mol. The van der Waals surface area contributed by atoms with Crippen molar-refractivity contribution in [2.24, 2.45) is 5.92 Å². The molecule has 2 saturated heterocycles. The van der Waals surface area contributed by atoms with Crippen LogP contribution in [0.4, 0.5) is 28.9 Å². The second-order valence-corrected chi connectivity index (χ2v) is 7.74. The summed E-state index contributed by atoms with van der Waals surface area (Å²) in [5.74, 6) is -3.30. The van der Waals surface area contributed by atoms with E-state index in [4.69, 9.17) is 4.84 Å². The van der Waals surface area contributed by atoms with E-state index in [9.17, 15) is 27.2 Å². The minimum atomic E-state index is -4.64. The van der Waals surface area contributed by atoms with Gasteiger partial charge in [0.1, 0.15) is 11.7 Å². The number of carbonyl (C=O) groups excluding carboxylic acids is 2. The summed E-state index contributed by atoms with van der Waals surface area (Å²) < 4.78 is 54.4. The molecule has 0 bridgehead atoms. The predicted molar refractivity (Wildman–Crippen MR) is 110 cm³/mol. The highest BCUT2D eigenvalue weighted by molar-refractivity contribution is 6.24. The fourth-order valence-corrected chi connectivity index (χ4v) is 4.32. The molecular formula is C24H16F4N2O3. The molecule has 0 aromatic heterocycles. The number of hydrogen-bond donors (Lipinski definition) is 0. The molecule has 0 spiro atoms. The predicted octanol–water partition coefficient (Wildman–Crippen LogP) is 4.90. The number of hydrogen-bond acceptors (Lipinski definition) is 4. The number of halogens is 4. The van der Waals surface area contributed by atoms with E-state index < -0.39 is 47.4 Å². The summed E-state index contributed by atoms with van der Waals surface area (Å²) >= 11 is 0. The molecule has 0 saturated carbocycles. The van der Waals surface area contributed by atoms with Crippen molar-refractivity contribution in [1.29, 1.82) is 0 Å². The number of carbonyl (C=O) groups is 2. The monoisotopic (exact) mass is 456 g/mol. The van der Waals surface area contributed by atoms with Gasteiger partial charge in [-0.05, 0) is 36.4 Å². The molecule has 3 aromatic rings. The number of rotatable bonds is 3. The third kappa shape index (κ3) is 3.45. The number of imide groups is 1. The fraction of sp³-hybridized carbons (Fsp3) is 0.167. The van der Waals surface area contributed by atoms with Gasteiger partial charge in [-0.15, -0.1) is 0 Å². The van der Waals surface area contributed by atoms with E-state index in [1.54, 1.807) is 36.4 Å². The summed E-state index contributed by atoms with van der Waals surface area (Å²) in [6.07, 6.45) is -5.95. The summed E-state index contributed by atoms with van der Waals surface area (Å²) in [6, 6.07) is 17.4. The number of nitrogens with zero attached hydrogens (tertiary/aromatic N) is 2. The third-order valence-corrected chi connectivity index (χ3v) is 5.78. The van der Waals surface area contributed by atoms with Crippen molar-refractivity contribution >= 4 is 23.2 Å². The van der Waals surface area contributed by atoms with Gasteiger partial charge in [0.2, 0.25) is 5.91 Å². The Morgan fingerprint density at radius 3 is 2.15 bits per heavy atom. The van der Waals surface area contributed by atoms with Crippen LogP contribution in [0.5, 0.6) is 0 Å². The quantitative estimate of drug-likeness (QED) is 0.416. The molecular weight excluding hydrogens is 440 g/mol. The van der Waals surface area contributed by atoms with Gasteiger partial charge < -0.3 is 0 Å². The Bertz CT molecular complexity index is 1230. The Labute approximate surface area is 185 Å². The number of anilines is 2. The molecule has 5 rings (SSSR count). The maximum Gasteiger partial charge on any atom is 0.416 e. The highest BCUT2D eigenvalue weighted by Gasteiger charge is 2.60. The summed E-state index contributed by atoms with van der Waals surface area (Å²) in [6.45, 7) is 0. The van der Waals surface area contributed by atoms with Gasteiger partial charge in [0.05, 0.1) is 23.0 Å². The third-order valence-electron chi connectivity index (χ3n) is 5.78. The minimum absolute atomic E-state index is 0.140. The van der Waals surface area contributed by atoms with Gasteiger partial charge in [0.25, 0.3) is 5.91 Å². The largest absolute Gasteiger partial charge is 0.416 e. The zero-order chi connectivity index (χ0) is 23.3. The standard InChI is InChI=1S/C24H16F4N2O3/c25-18-12-5-4-11-17(18)20-19-21(33-30(20)15-8-2-1-3-9-15)23(32)29(22(19)31)16-10-6-7-14(13-16)24(26,27)28/h1-13,19-21H/t19-,20-,21+/m0/s1. The van der Waals surface area contributed by atoms with E-state index in [2.05, 4.69) is 0 Å². The average Bonchev–Trinajstić information content (AvgIpc) is 3.30. The van der Waals surface area contributed by atoms with Crippen LogP contribution in [0.15, 0.2) is 78.9 Å². The molecule has 5 nitrogen and oxygen atoms in total. The van der Waals surface area contributed by atoms with E-state index in [1.165, 1.54) is 29.3 Å². The number of alkyl halides is 3. The maximum atomic E-state index is 14.8. The van der Waals surface area contributed by atoms with Crippen molar-refractivity contribution in [2.45, 2.75) is 18.3 Å². The molecule has 2 fully saturated rings. The van der Waals surface area contributed by atoms with Crippen molar-refractivity contribution in [3.63, 3.8) is 0 Å². The van der Waals surface area contributed by atoms with E-state index in [1.807, 2.05) is 0 Å². The normalized spacial score (nSPS) is 22.7. The van der Waals surface area contributed by atoms with Crippen molar-refractivity contribution < 1.29 is 32.0 Å². The second kappa shape index (κ2) is 7.70. The Hall–Kier alpha value is -3.72. The zero-order valence-corrected chi connectivity index (χ0v) is 16.9. The molecule has 2 aliphatic heterocycles. The van der Waals surface area contributed by atoms with E-state index >= 15 is 0 Å². The molecule has 9 heteroatoms. The van der Waals surface area contributed by atoms with Crippen LogP contribution in [-0.2, 0) is 20.6 Å². The van der Waals surface area contributed by atoms with Crippen molar-refractivity contribution in [1.82, 2.24) is 0 Å². The van der Waals surface area contributed by atoms with E-state index in [0.717, 1.165) is 18.2 Å². The summed E-state index contributed by atoms with van der Waals surface area (Å²) in [5, 5.41) is 1.33. The Kier molecular flexibility index (Phi) is 4.93. The molecule has 0 radical (unpaired) electrons. The maximum absolute atomic E-state index is 14.8. The second-order valence-electron chi connectivity index (χ2n) is 7.74. The van der Waals surface area contributed by atoms with Gasteiger partial charge in [-0.3, -0.25) is 14.4 Å². The Balaban J connectivity index is 1.59. The van der Waals surface area contributed by atoms with Gasteiger partial charge in [-0.2, -0.15) is 13.2 Å². The van der Waals surface area contributed by atoms with E-state index in [-0.39, 0.29) is 11.3 Å². The van der Waals surface area contributed by atoms with Crippen molar-refractivity contribution in [3.05, 3.63) is 95.8 Å². The fourth-order valence-electron chi connectivity index (χ4n) is 4.32. The van der Waals surface area contributed by atoms with Crippen molar-refractivity contribution in [3.8, 4) is 0 Å². The number of fused-ring (bicyclic) bond motifs is 1. The summed E-state index contributed by atoms with van der Waals surface area (Å²) in [7, 11) is 0. The summed E-state index contributed by atoms with van der Waals surface area (Å²) in [4.78, 5) is 33.2. The van der Waals surface area contributed by atoms with Crippen molar-refractivity contribution in [2.75, 3.05) is 9.96 Å². The minimum Gasteiger partial charge on any atom is -0.273 e. The number of amides is 2. The SMILES string of the molecule is O=C1[C@@H]2[C@@H](ON(c3ccccc3)[C@H]2c2ccccc2F)C(=O)N1c1cccc(C(F)(F)F)c1. The topological polar surface area (TPSA) is 49.9 Å². The van der Waals surface area contributed by atoms with Crippen LogP contribution in [0.1, 0.15) is 17.2 Å². The van der Waals surface area contributed by atoms with E-state index in [0.29, 0.717) is 10.6 Å².